The quantitative estimate of drug-likeness (QED) is 0.387. The van der Waals surface area contributed by atoms with Crippen LogP contribution in [0.1, 0.15) is 10.4 Å². The molecule has 0 atom stereocenters. The fourth-order valence-electron chi connectivity index (χ4n) is 3.30. The molecule has 5 rings (SSSR count). The van der Waals surface area contributed by atoms with Gasteiger partial charge in [-0.3, -0.25) is 4.79 Å². The molecule has 0 spiro atoms. The molecule has 0 saturated carbocycles. The standard InChI is InChI=1S/C19H13ClN4O3S2/c1-10-3-5-12(6-4-10)29(26,27)23-8-7-13-16(23)22-19(20)24-17(13)21-14-9-11(2)28-15(14)18(24)25/h3-9H,1-2H3. The number of hydrogen-bond acceptors (Lipinski definition) is 6. The molecule has 0 fully saturated rings. The van der Waals surface area contributed by atoms with E-state index in [0.29, 0.717) is 15.6 Å². The molecule has 5 aromatic rings. The first-order chi connectivity index (χ1) is 13.8. The van der Waals surface area contributed by atoms with Gasteiger partial charge < -0.3 is 0 Å². The maximum atomic E-state index is 13.1. The van der Waals surface area contributed by atoms with Crippen LogP contribution in [0.4, 0.5) is 0 Å². The van der Waals surface area contributed by atoms with Crippen LogP contribution in [0.15, 0.2) is 52.3 Å². The Morgan fingerprint density at radius 2 is 1.76 bits per heavy atom. The summed E-state index contributed by atoms with van der Waals surface area (Å²) < 4.78 is 29.0. The third-order valence-electron chi connectivity index (χ3n) is 4.70. The summed E-state index contributed by atoms with van der Waals surface area (Å²) in [5.74, 6) is 0. The summed E-state index contributed by atoms with van der Waals surface area (Å²) in [4.78, 5) is 22.8. The summed E-state index contributed by atoms with van der Waals surface area (Å²) in [7, 11) is -3.89. The van der Waals surface area contributed by atoms with Crippen LogP contribution in [-0.4, -0.2) is 26.8 Å². The van der Waals surface area contributed by atoms with Gasteiger partial charge in [0, 0.05) is 11.1 Å². The Balaban J connectivity index is 1.87. The number of benzene rings is 1. The molecule has 0 saturated heterocycles. The van der Waals surface area contributed by atoms with Crippen molar-refractivity contribution < 1.29 is 8.42 Å². The first-order valence-electron chi connectivity index (χ1n) is 8.59. The summed E-state index contributed by atoms with van der Waals surface area (Å²) in [6.45, 7) is 3.77. The lowest BCUT2D eigenvalue weighted by Gasteiger charge is -2.09. The van der Waals surface area contributed by atoms with Crippen molar-refractivity contribution in [2.75, 3.05) is 0 Å². The van der Waals surface area contributed by atoms with E-state index < -0.39 is 10.0 Å². The molecule has 4 aromatic heterocycles. The van der Waals surface area contributed by atoms with Gasteiger partial charge in [0.15, 0.2) is 11.3 Å². The first-order valence-corrected chi connectivity index (χ1v) is 11.2. The molecule has 1 aromatic carbocycles. The Morgan fingerprint density at radius 3 is 2.48 bits per heavy atom. The van der Waals surface area contributed by atoms with E-state index in [2.05, 4.69) is 9.97 Å². The van der Waals surface area contributed by atoms with Gasteiger partial charge in [-0.15, -0.1) is 11.3 Å². The highest BCUT2D eigenvalue weighted by Crippen LogP contribution is 2.28. The van der Waals surface area contributed by atoms with Crippen LogP contribution in [0.25, 0.3) is 26.9 Å². The first kappa shape index (κ1) is 18.3. The number of aromatic nitrogens is 4. The van der Waals surface area contributed by atoms with E-state index in [1.165, 1.54) is 21.9 Å². The molecule has 0 N–H and O–H groups in total. The lowest BCUT2D eigenvalue weighted by Crippen LogP contribution is -2.17. The minimum absolute atomic E-state index is 0.119. The zero-order valence-corrected chi connectivity index (χ0v) is 17.6. The van der Waals surface area contributed by atoms with E-state index in [-0.39, 0.29) is 27.0 Å². The highest BCUT2D eigenvalue weighted by molar-refractivity contribution is 7.90. The Morgan fingerprint density at radius 1 is 1.03 bits per heavy atom. The normalized spacial score (nSPS) is 12.4. The monoisotopic (exact) mass is 444 g/mol. The van der Waals surface area contributed by atoms with Crippen LogP contribution in [0, 0.1) is 13.8 Å². The molecular formula is C19H13ClN4O3S2. The van der Waals surface area contributed by atoms with Gasteiger partial charge in [0.2, 0.25) is 5.28 Å². The number of nitrogens with zero attached hydrogens (tertiary/aromatic N) is 4. The number of rotatable bonds is 2. The Bertz CT molecular complexity index is 1610. The molecule has 0 aliphatic rings. The Kier molecular flexibility index (Phi) is 3.86. The van der Waals surface area contributed by atoms with E-state index in [1.807, 2.05) is 19.9 Å². The molecule has 0 amide bonds. The van der Waals surface area contributed by atoms with Crippen molar-refractivity contribution in [3.8, 4) is 0 Å². The second-order valence-corrected chi connectivity index (χ2v) is 10.1. The average Bonchev–Trinajstić information content (AvgIpc) is 3.25. The van der Waals surface area contributed by atoms with Gasteiger partial charge in [-0.25, -0.2) is 21.8 Å². The van der Waals surface area contributed by atoms with E-state index in [0.717, 1.165) is 14.4 Å². The summed E-state index contributed by atoms with van der Waals surface area (Å²) in [5.41, 5.74) is 1.57. The topological polar surface area (TPSA) is 86.3 Å². The highest BCUT2D eigenvalue weighted by Gasteiger charge is 2.23. The fourth-order valence-corrected chi connectivity index (χ4v) is 5.71. The number of hydrogen-bond donors (Lipinski definition) is 0. The van der Waals surface area contributed by atoms with Crippen molar-refractivity contribution in [1.29, 1.82) is 0 Å². The second-order valence-electron chi connectivity index (χ2n) is 6.70. The van der Waals surface area contributed by atoms with Gasteiger partial charge in [0.1, 0.15) is 4.70 Å². The maximum absolute atomic E-state index is 13.1. The van der Waals surface area contributed by atoms with Gasteiger partial charge >= 0.3 is 0 Å². The van der Waals surface area contributed by atoms with Crippen LogP contribution in [0.5, 0.6) is 0 Å². The minimum Gasteiger partial charge on any atom is -0.267 e. The van der Waals surface area contributed by atoms with Gasteiger partial charge in [-0.1, -0.05) is 17.7 Å². The van der Waals surface area contributed by atoms with E-state index >= 15 is 0 Å². The third kappa shape index (κ3) is 2.61. The lowest BCUT2D eigenvalue weighted by molar-refractivity contribution is 0.588. The Hall–Kier alpha value is -2.75. The highest BCUT2D eigenvalue weighted by atomic mass is 35.5. The van der Waals surface area contributed by atoms with Crippen LogP contribution >= 0.6 is 22.9 Å². The van der Waals surface area contributed by atoms with Crippen LogP contribution < -0.4 is 5.56 Å². The summed E-state index contributed by atoms with van der Waals surface area (Å²) in [6, 6.07) is 9.94. The molecule has 146 valence electrons. The minimum atomic E-state index is -3.89. The van der Waals surface area contributed by atoms with Crippen LogP contribution in [0.2, 0.25) is 5.28 Å². The molecule has 0 bridgehead atoms. The predicted molar refractivity (Wildman–Crippen MR) is 114 cm³/mol. The number of aryl methyl sites for hydroxylation is 2. The smallest absolute Gasteiger partial charge is 0.267 e. The average molecular weight is 445 g/mol. The van der Waals surface area contributed by atoms with Crippen molar-refractivity contribution in [3.05, 3.63) is 68.7 Å². The molecule has 4 heterocycles. The second kappa shape index (κ2) is 6.12. The molecule has 0 unspecified atom stereocenters. The zero-order valence-electron chi connectivity index (χ0n) is 15.2. The van der Waals surface area contributed by atoms with Crippen molar-refractivity contribution >= 4 is 59.9 Å². The summed E-state index contributed by atoms with van der Waals surface area (Å²) >= 11 is 7.63. The van der Waals surface area contributed by atoms with Crippen LogP contribution in [-0.2, 0) is 10.0 Å². The maximum Gasteiger partial charge on any atom is 0.278 e. The molecule has 0 radical (unpaired) electrons. The number of halogens is 1. The molecular weight excluding hydrogens is 432 g/mol. The third-order valence-corrected chi connectivity index (χ3v) is 7.66. The van der Waals surface area contributed by atoms with Crippen molar-refractivity contribution in [2.45, 2.75) is 18.7 Å². The largest absolute Gasteiger partial charge is 0.278 e. The molecule has 0 aliphatic carbocycles. The summed E-state index contributed by atoms with van der Waals surface area (Å²) in [6.07, 6.45) is 1.40. The molecule has 29 heavy (non-hydrogen) atoms. The van der Waals surface area contributed by atoms with Crippen molar-refractivity contribution in [3.63, 3.8) is 0 Å². The molecule has 7 nitrogen and oxygen atoms in total. The van der Waals surface area contributed by atoms with Gasteiger partial charge in [-0.05, 0) is 49.7 Å². The van der Waals surface area contributed by atoms with Gasteiger partial charge in [0.25, 0.3) is 15.6 Å². The van der Waals surface area contributed by atoms with Crippen molar-refractivity contribution in [1.82, 2.24) is 18.3 Å². The zero-order chi connectivity index (χ0) is 20.5. The number of fused-ring (bicyclic) bond motifs is 4. The Labute approximate surface area is 173 Å². The van der Waals surface area contributed by atoms with E-state index in [9.17, 15) is 13.2 Å². The molecule has 0 aliphatic heterocycles. The van der Waals surface area contributed by atoms with E-state index in [4.69, 9.17) is 11.6 Å². The number of thiophene rings is 1. The summed E-state index contributed by atoms with van der Waals surface area (Å²) in [5, 5.41) is 0.282. The van der Waals surface area contributed by atoms with E-state index in [1.54, 1.807) is 30.3 Å². The lowest BCUT2D eigenvalue weighted by atomic mass is 10.2. The van der Waals surface area contributed by atoms with Gasteiger partial charge in [0.05, 0.1) is 15.8 Å². The van der Waals surface area contributed by atoms with Gasteiger partial charge in [-0.2, -0.15) is 4.98 Å². The van der Waals surface area contributed by atoms with Crippen molar-refractivity contribution in [2.24, 2.45) is 0 Å². The molecule has 10 heteroatoms. The SMILES string of the molecule is Cc1ccc(S(=O)(=O)n2ccc3c2nc(Cl)n2c(=O)c4sc(C)cc4nc32)cc1. The predicted octanol–water partition coefficient (Wildman–Crippen LogP) is 3.77. The van der Waals surface area contributed by atoms with Crippen LogP contribution in [0.3, 0.4) is 0 Å². The fraction of sp³-hybridized carbons (Fsp3) is 0.105.